The van der Waals surface area contributed by atoms with Crippen LogP contribution in [0.3, 0.4) is 0 Å². The monoisotopic (exact) mass is 240 g/mol. The standard InChI is InChI=1S/Ba.5FH.2H/h;5*1H;;. The summed E-state index contributed by atoms with van der Waals surface area (Å²) < 4.78 is 0. The van der Waals surface area contributed by atoms with Crippen molar-refractivity contribution in [3.8, 4) is 0 Å². The number of hydrogen-bond donors (Lipinski definition) is 0. The van der Waals surface area contributed by atoms with E-state index in [1.165, 1.54) is 0 Å². The minimum absolute atomic E-state index is 0. The molecule has 0 aromatic heterocycles. The summed E-state index contributed by atoms with van der Waals surface area (Å²) in [6, 6.07) is 0. The molecular weight excluding hydrogens is 232 g/mol. The second-order valence-electron chi connectivity index (χ2n) is 0. The molecule has 6 heteroatoms. The summed E-state index contributed by atoms with van der Waals surface area (Å²) >= 11 is 0. The third kappa shape index (κ3) is 62.4. The first-order valence-corrected chi connectivity index (χ1v) is 0. The van der Waals surface area contributed by atoms with Gasteiger partial charge in [-0.2, -0.15) is 0 Å². The van der Waals surface area contributed by atoms with Crippen LogP contribution < -0.4 is 0 Å². The van der Waals surface area contributed by atoms with Crippen molar-refractivity contribution in [2.75, 3.05) is 0 Å². The molecule has 0 saturated carbocycles. The molecule has 0 N–H and O–H groups in total. The van der Waals surface area contributed by atoms with Crippen molar-refractivity contribution >= 4 is 48.9 Å². The summed E-state index contributed by atoms with van der Waals surface area (Å²) in [5.41, 5.74) is 0. The molecule has 0 atom stereocenters. The third-order valence-corrected chi connectivity index (χ3v) is 0. The summed E-state index contributed by atoms with van der Waals surface area (Å²) in [5, 5.41) is 0. The topological polar surface area (TPSA) is 0 Å². The van der Waals surface area contributed by atoms with Crippen molar-refractivity contribution in [1.29, 1.82) is 0 Å². The molecule has 0 nitrogen and oxygen atoms in total. The van der Waals surface area contributed by atoms with E-state index >= 15 is 0 Å². The van der Waals surface area contributed by atoms with Crippen molar-refractivity contribution in [1.82, 2.24) is 0 Å². The van der Waals surface area contributed by atoms with Gasteiger partial charge < -0.3 is 0 Å². The molecule has 0 bridgehead atoms. The molecule has 0 aromatic rings. The molecule has 0 aliphatic carbocycles. The van der Waals surface area contributed by atoms with Gasteiger partial charge in [0.2, 0.25) is 0 Å². The maximum absolute atomic E-state index is 0. The van der Waals surface area contributed by atoms with Crippen molar-refractivity contribution in [3.63, 3.8) is 0 Å². The van der Waals surface area contributed by atoms with E-state index in [9.17, 15) is 0 Å². The van der Waals surface area contributed by atoms with Crippen LogP contribution in [0.1, 0.15) is 0 Å². The van der Waals surface area contributed by atoms with Crippen LogP contribution in [0.4, 0.5) is 23.5 Å². The van der Waals surface area contributed by atoms with Gasteiger partial charge in [-0.15, -0.1) is 0 Å². The molecule has 0 aliphatic rings. The summed E-state index contributed by atoms with van der Waals surface area (Å²) in [5.74, 6) is 0. The normalized spacial score (nSPS) is 0. The van der Waals surface area contributed by atoms with Crippen LogP contribution in [0.5, 0.6) is 0 Å². The van der Waals surface area contributed by atoms with E-state index in [4.69, 9.17) is 0 Å². The predicted octanol–water partition coefficient (Wildman–Crippen LogP) is -0.154. The molecule has 0 fully saturated rings. The summed E-state index contributed by atoms with van der Waals surface area (Å²) in [6.45, 7) is 0. The quantitative estimate of drug-likeness (QED) is 0.407. The second-order valence-corrected chi connectivity index (χ2v) is 0. The number of rotatable bonds is 0. The zero-order valence-electron chi connectivity index (χ0n) is 2.04. The third-order valence-electron chi connectivity index (χ3n) is 0. The van der Waals surface area contributed by atoms with Crippen LogP contribution in [-0.4, -0.2) is 48.9 Å². The first kappa shape index (κ1) is 187. The summed E-state index contributed by atoms with van der Waals surface area (Å²) in [6.07, 6.45) is 0. The van der Waals surface area contributed by atoms with E-state index in [0.717, 1.165) is 0 Å². The van der Waals surface area contributed by atoms with Crippen LogP contribution in [0.2, 0.25) is 0 Å². The zero-order valence-corrected chi connectivity index (χ0v) is 2.04. The Morgan fingerprint density at radius 3 is 0.333 bits per heavy atom. The Kier molecular flexibility index (Phi) is 3550. The van der Waals surface area contributed by atoms with Gasteiger partial charge in [0.25, 0.3) is 0 Å². The molecule has 0 aliphatic heterocycles. The van der Waals surface area contributed by atoms with Gasteiger partial charge in [-0.3, -0.25) is 23.5 Å². The molecule has 0 rings (SSSR count). The van der Waals surface area contributed by atoms with Gasteiger partial charge in [-0.1, -0.05) is 0 Å². The molecule has 0 aromatic carbocycles. The minimum atomic E-state index is 0. The van der Waals surface area contributed by atoms with E-state index in [-0.39, 0.29) is 72.4 Å². The van der Waals surface area contributed by atoms with Crippen molar-refractivity contribution in [2.45, 2.75) is 0 Å². The van der Waals surface area contributed by atoms with Gasteiger partial charge in [-0.05, 0) is 0 Å². The molecule has 0 saturated heterocycles. The molecule has 0 spiro atoms. The molecule has 6 heavy (non-hydrogen) atoms. The van der Waals surface area contributed by atoms with Crippen molar-refractivity contribution in [2.24, 2.45) is 0 Å². The van der Waals surface area contributed by atoms with Crippen molar-refractivity contribution in [3.05, 3.63) is 0 Å². The van der Waals surface area contributed by atoms with Crippen LogP contribution in [-0.2, 0) is 0 Å². The first-order valence-electron chi connectivity index (χ1n) is 0. The van der Waals surface area contributed by atoms with Crippen LogP contribution in [0.25, 0.3) is 0 Å². The fraction of sp³-hybridized carbons (Fsp3) is 0. The zero-order chi connectivity index (χ0) is 0. The Morgan fingerprint density at radius 1 is 0.333 bits per heavy atom. The number of halogens is 5. The Hall–Kier alpha value is 1.22. The van der Waals surface area contributed by atoms with Gasteiger partial charge in [0.15, 0.2) is 0 Å². The van der Waals surface area contributed by atoms with E-state index in [1.807, 2.05) is 0 Å². The van der Waals surface area contributed by atoms with Gasteiger partial charge in [-0.25, -0.2) is 0 Å². The van der Waals surface area contributed by atoms with Gasteiger partial charge in [0, 0.05) is 0 Å². The summed E-state index contributed by atoms with van der Waals surface area (Å²) in [7, 11) is 0. The fourth-order valence-corrected chi connectivity index (χ4v) is 0. The van der Waals surface area contributed by atoms with Crippen LogP contribution in [0, 0.1) is 0 Å². The first-order chi connectivity index (χ1) is 0. The fourth-order valence-electron chi connectivity index (χ4n) is 0. The molecule has 44 valence electrons. The molecule has 0 unspecified atom stereocenters. The van der Waals surface area contributed by atoms with Gasteiger partial charge in [0.05, 0.1) is 0 Å². The Morgan fingerprint density at radius 2 is 0.333 bits per heavy atom. The molecule has 0 radical (unpaired) electrons. The van der Waals surface area contributed by atoms with Crippen LogP contribution in [0.15, 0.2) is 0 Å². The number of hydrogen-bond acceptors (Lipinski definition) is 0. The van der Waals surface area contributed by atoms with E-state index in [1.54, 1.807) is 0 Å². The second kappa shape index (κ2) is 114. The average molecular weight is 239 g/mol. The molecule has 0 amide bonds. The van der Waals surface area contributed by atoms with Crippen molar-refractivity contribution < 1.29 is 23.5 Å². The maximum atomic E-state index is 0. The summed E-state index contributed by atoms with van der Waals surface area (Å²) in [4.78, 5) is 0. The van der Waals surface area contributed by atoms with Gasteiger partial charge >= 0.3 is 48.9 Å². The van der Waals surface area contributed by atoms with E-state index < -0.39 is 0 Å². The van der Waals surface area contributed by atoms with Crippen LogP contribution >= 0.6 is 0 Å². The SMILES string of the molecule is F.F.F.F.F.[BaH2]. The predicted molar refractivity (Wildman–Crippen MR) is 21.1 cm³/mol. The van der Waals surface area contributed by atoms with E-state index in [0.29, 0.717) is 0 Å². The average Bonchev–Trinajstić information content (AvgIpc) is 0. The van der Waals surface area contributed by atoms with Gasteiger partial charge in [0.1, 0.15) is 0 Å². The molecular formula is H7BaF5. The molecule has 0 heterocycles. The Bertz CT molecular complexity index is 3.90. The van der Waals surface area contributed by atoms with E-state index in [2.05, 4.69) is 0 Å². The Balaban J connectivity index is 0. The Labute approximate surface area is 71.6 Å².